The molecule has 0 bridgehead atoms. The smallest absolute Gasteiger partial charge is 0.220 e. The molecule has 1 aromatic rings. The van der Waals surface area contributed by atoms with E-state index in [-0.39, 0.29) is 35.9 Å². The number of nitrogens with zero attached hydrogens (tertiary/aromatic N) is 3. The van der Waals surface area contributed by atoms with E-state index < -0.39 is 0 Å². The minimum absolute atomic E-state index is 0. The molecule has 2 fully saturated rings. The van der Waals surface area contributed by atoms with Crippen LogP contribution in [-0.2, 0) is 11.3 Å². The van der Waals surface area contributed by atoms with Crippen LogP contribution in [0.1, 0.15) is 50.0 Å². The largest absolute Gasteiger partial charge is 0.444 e. The lowest BCUT2D eigenvalue weighted by Crippen LogP contribution is -2.51. The van der Waals surface area contributed by atoms with E-state index in [1.165, 1.54) is 0 Å². The number of piperidine rings is 2. The molecule has 2 aliphatic rings. The summed E-state index contributed by atoms with van der Waals surface area (Å²) < 4.78 is 5.71. The van der Waals surface area contributed by atoms with Crippen molar-refractivity contribution in [3.05, 3.63) is 17.3 Å². The van der Waals surface area contributed by atoms with Crippen LogP contribution in [0.25, 0.3) is 0 Å². The van der Waals surface area contributed by atoms with Crippen LogP contribution in [0.4, 0.5) is 0 Å². The molecule has 1 unspecified atom stereocenters. The zero-order chi connectivity index (χ0) is 19.9. The van der Waals surface area contributed by atoms with Crippen molar-refractivity contribution in [3.63, 3.8) is 0 Å². The monoisotopic (exact) mass is 518 g/mol. The summed E-state index contributed by atoms with van der Waals surface area (Å²) in [5.41, 5.74) is 0.986. The van der Waals surface area contributed by atoms with Crippen molar-refractivity contribution < 1.29 is 9.21 Å². The van der Waals surface area contributed by atoms with Crippen LogP contribution in [0, 0.1) is 19.8 Å². The molecule has 0 saturated carbocycles. The molecule has 3 heterocycles. The number of rotatable bonds is 6. The molecule has 1 atom stereocenters. The average molecular weight is 518 g/mol. The maximum absolute atomic E-state index is 11.3. The standard InChI is InChI=1S/C20H34N6O2.HI/c1-4-21-20(25-17-5-6-18(27)22-12-17)23-11-16-7-9-26(10-8-16)13-19-24-14(2)15(3)28-19;/h16-17H,4-13H2,1-3H3,(H,22,27)(H2,21,23,25);1H. The molecule has 0 spiro atoms. The first-order valence-electron chi connectivity index (χ1n) is 10.5. The molecule has 0 aromatic carbocycles. The average Bonchev–Trinajstić information content (AvgIpc) is 3.00. The van der Waals surface area contributed by atoms with Gasteiger partial charge in [-0.25, -0.2) is 4.98 Å². The molecule has 3 N–H and O–H groups in total. The Kier molecular flexibility index (Phi) is 9.67. The Morgan fingerprint density at radius 2 is 2.07 bits per heavy atom. The van der Waals surface area contributed by atoms with Crippen molar-refractivity contribution >= 4 is 35.8 Å². The van der Waals surface area contributed by atoms with Crippen LogP contribution < -0.4 is 16.0 Å². The zero-order valence-corrected chi connectivity index (χ0v) is 20.1. The highest BCUT2D eigenvalue weighted by atomic mass is 127. The van der Waals surface area contributed by atoms with Gasteiger partial charge in [-0.2, -0.15) is 0 Å². The first-order chi connectivity index (χ1) is 13.5. The number of hydrogen-bond donors (Lipinski definition) is 3. The van der Waals surface area contributed by atoms with Crippen molar-refractivity contribution in [2.45, 2.75) is 59.0 Å². The number of aryl methyl sites for hydroxylation is 2. The summed E-state index contributed by atoms with van der Waals surface area (Å²) in [6.07, 6.45) is 3.72. The van der Waals surface area contributed by atoms with Gasteiger partial charge >= 0.3 is 0 Å². The Bertz CT molecular complexity index is 655. The third-order valence-corrected chi connectivity index (χ3v) is 5.60. The molecule has 8 nitrogen and oxygen atoms in total. The van der Waals surface area contributed by atoms with Gasteiger partial charge in [0, 0.05) is 32.1 Å². The van der Waals surface area contributed by atoms with Gasteiger partial charge in [-0.05, 0) is 59.0 Å². The van der Waals surface area contributed by atoms with Gasteiger partial charge in [0.25, 0.3) is 0 Å². The molecule has 3 rings (SSSR count). The minimum Gasteiger partial charge on any atom is -0.444 e. The fourth-order valence-corrected chi connectivity index (χ4v) is 3.71. The molecule has 9 heteroatoms. The Morgan fingerprint density at radius 3 is 2.66 bits per heavy atom. The second-order valence-corrected chi connectivity index (χ2v) is 7.87. The number of nitrogens with one attached hydrogen (secondary N) is 3. The van der Waals surface area contributed by atoms with Crippen molar-refractivity contribution in [3.8, 4) is 0 Å². The molecular weight excluding hydrogens is 483 g/mol. The van der Waals surface area contributed by atoms with Gasteiger partial charge in [0.05, 0.1) is 12.2 Å². The molecule has 1 aromatic heterocycles. The fourth-order valence-electron chi connectivity index (χ4n) is 3.71. The zero-order valence-electron chi connectivity index (χ0n) is 17.8. The molecule has 1 amide bonds. The van der Waals surface area contributed by atoms with E-state index in [0.717, 1.165) is 75.3 Å². The Labute approximate surface area is 190 Å². The summed E-state index contributed by atoms with van der Waals surface area (Å²) >= 11 is 0. The highest BCUT2D eigenvalue weighted by Gasteiger charge is 2.22. The number of aromatic nitrogens is 1. The van der Waals surface area contributed by atoms with Crippen molar-refractivity contribution in [2.24, 2.45) is 10.9 Å². The Hall–Kier alpha value is -1.36. The quantitative estimate of drug-likeness (QED) is 0.303. The van der Waals surface area contributed by atoms with E-state index >= 15 is 0 Å². The van der Waals surface area contributed by atoms with Gasteiger partial charge in [-0.3, -0.25) is 14.7 Å². The summed E-state index contributed by atoms with van der Waals surface area (Å²) in [6, 6.07) is 0.255. The van der Waals surface area contributed by atoms with Gasteiger partial charge in [0.15, 0.2) is 5.96 Å². The molecule has 2 saturated heterocycles. The van der Waals surface area contributed by atoms with E-state index in [2.05, 4.69) is 32.8 Å². The van der Waals surface area contributed by atoms with Crippen LogP contribution >= 0.6 is 24.0 Å². The lowest BCUT2D eigenvalue weighted by atomic mass is 9.97. The van der Waals surface area contributed by atoms with Gasteiger partial charge < -0.3 is 20.4 Å². The second kappa shape index (κ2) is 11.7. The number of oxazole rings is 1. The van der Waals surface area contributed by atoms with Gasteiger partial charge in [-0.1, -0.05) is 0 Å². The van der Waals surface area contributed by atoms with Crippen LogP contribution in [0.5, 0.6) is 0 Å². The molecular formula is C20H35IN6O2. The van der Waals surface area contributed by atoms with E-state index in [1.807, 2.05) is 13.8 Å². The maximum atomic E-state index is 11.3. The van der Waals surface area contributed by atoms with Crippen molar-refractivity contribution in [2.75, 3.05) is 32.7 Å². The third-order valence-electron chi connectivity index (χ3n) is 5.60. The minimum atomic E-state index is 0. The number of halogens is 1. The van der Waals surface area contributed by atoms with E-state index in [0.29, 0.717) is 18.9 Å². The van der Waals surface area contributed by atoms with E-state index in [4.69, 9.17) is 9.41 Å². The predicted octanol–water partition coefficient (Wildman–Crippen LogP) is 1.96. The predicted molar refractivity (Wildman–Crippen MR) is 125 cm³/mol. The normalized spacial score (nSPS) is 21.4. The summed E-state index contributed by atoms with van der Waals surface area (Å²) in [5, 5.41) is 9.70. The Morgan fingerprint density at radius 1 is 1.31 bits per heavy atom. The van der Waals surface area contributed by atoms with Gasteiger partial charge in [-0.15, -0.1) is 24.0 Å². The molecule has 2 aliphatic heterocycles. The number of amides is 1. The van der Waals surface area contributed by atoms with Gasteiger partial charge in [0.1, 0.15) is 5.76 Å². The SMILES string of the molecule is CCNC(=NCC1CCN(Cc2nc(C)c(C)o2)CC1)NC1CCC(=O)NC1.I. The van der Waals surface area contributed by atoms with Crippen LogP contribution in [0.3, 0.4) is 0 Å². The van der Waals surface area contributed by atoms with Gasteiger partial charge in [0.2, 0.25) is 11.8 Å². The number of likely N-dealkylation sites (tertiary alicyclic amines) is 1. The summed E-state index contributed by atoms with van der Waals surface area (Å²) in [4.78, 5) is 23.0. The fraction of sp³-hybridized carbons (Fsp3) is 0.750. The summed E-state index contributed by atoms with van der Waals surface area (Å²) in [5.74, 6) is 3.34. The number of hydrogen-bond acceptors (Lipinski definition) is 5. The van der Waals surface area contributed by atoms with Crippen molar-refractivity contribution in [1.82, 2.24) is 25.8 Å². The first-order valence-corrected chi connectivity index (χ1v) is 10.5. The molecule has 164 valence electrons. The molecule has 0 radical (unpaired) electrons. The maximum Gasteiger partial charge on any atom is 0.220 e. The van der Waals surface area contributed by atoms with E-state index in [1.54, 1.807) is 0 Å². The van der Waals surface area contributed by atoms with Crippen LogP contribution in [0.2, 0.25) is 0 Å². The Balaban J connectivity index is 0.00000300. The van der Waals surface area contributed by atoms with Crippen LogP contribution in [-0.4, -0.2) is 60.5 Å². The third kappa shape index (κ3) is 7.44. The molecule has 0 aliphatic carbocycles. The van der Waals surface area contributed by atoms with Crippen molar-refractivity contribution in [1.29, 1.82) is 0 Å². The first kappa shape index (κ1) is 23.9. The number of carbonyl (C=O) groups excluding carboxylic acids is 1. The number of guanidine groups is 1. The summed E-state index contributed by atoms with van der Waals surface area (Å²) in [6.45, 7) is 11.3. The molecule has 29 heavy (non-hydrogen) atoms. The highest BCUT2D eigenvalue weighted by molar-refractivity contribution is 14.0. The lowest BCUT2D eigenvalue weighted by molar-refractivity contribution is -0.122. The highest BCUT2D eigenvalue weighted by Crippen LogP contribution is 2.20. The number of aliphatic imine (C=N–C) groups is 1. The van der Waals surface area contributed by atoms with Crippen LogP contribution in [0.15, 0.2) is 9.41 Å². The lowest BCUT2D eigenvalue weighted by Gasteiger charge is -2.30. The topological polar surface area (TPSA) is 94.8 Å². The van der Waals surface area contributed by atoms with E-state index in [9.17, 15) is 4.79 Å². The second-order valence-electron chi connectivity index (χ2n) is 7.87. The number of carbonyl (C=O) groups is 1. The summed E-state index contributed by atoms with van der Waals surface area (Å²) in [7, 11) is 0.